The van der Waals surface area contributed by atoms with E-state index in [1.807, 2.05) is 17.5 Å². The molecule has 0 radical (unpaired) electrons. The fourth-order valence-corrected chi connectivity index (χ4v) is 5.84. The maximum atomic E-state index is 13.6. The molecular weight excluding hydrogens is 407 g/mol. The van der Waals surface area contributed by atoms with Gasteiger partial charge in [0.2, 0.25) is 10.0 Å². The molecule has 7 heteroatoms. The Labute approximate surface area is 175 Å². The minimum atomic E-state index is -3.81. The highest BCUT2D eigenvalue weighted by Crippen LogP contribution is 2.29. The van der Waals surface area contributed by atoms with E-state index >= 15 is 0 Å². The number of hydrogen-bond acceptors (Lipinski definition) is 4. The van der Waals surface area contributed by atoms with Gasteiger partial charge < -0.3 is 0 Å². The predicted octanol–water partition coefficient (Wildman–Crippen LogP) is 4.27. The molecule has 152 valence electrons. The summed E-state index contributed by atoms with van der Waals surface area (Å²) < 4.78 is 42.1. The average Bonchev–Trinajstić information content (AvgIpc) is 3.24. The van der Waals surface area contributed by atoms with Crippen LogP contribution in [0.5, 0.6) is 0 Å². The second-order valence-corrected chi connectivity index (χ2v) is 9.84. The molecule has 0 saturated heterocycles. The van der Waals surface area contributed by atoms with E-state index < -0.39 is 15.8 Å². The smallest absolute Gasteiger partial charge is 0.240 e. The van der Waals surface area contributed by atoms with E-state index in [0.717, 1.165) is 31.1 Å². The zero-order valence-electron chi connectivity index (χ0n) is 16.1. The Bertz CT molecular complexity index is 1100. The van der Waals surface area contributed by atoms with Gasteiger partial charge >= 0.3 is 0 Å². The molecule has 2 heterocycles. The number of halogens is 1. The molecule has 4 rings (SSSR count). The first kappa shape index (κ1) is 20.2. The summed E-state index contributed by atoms with van der Waals surface area (Å²) in [5.74, 6) is -0.557. The number of nitrogens with one attached hydrogen (secondary N) is 1. The summed E-state index contributed by atoms with van der Waals surface area (Å²) in [5.41, 5.74) is 4.25. The van der Waals surface area contributed by atoms with Gasteiger partial charge in [-0.3, -0.25) is 4.90 Å². The molecule has 2 aromatic carbocycles. The molecule has 0 aliphatic carbocycles. The van der Waals surface area contributed by atoms with Gasteiger partial charge in [-0.05, 0) is 64.6 Å². The fraction of sp³-hybridized carbons (Fsp3) is 0.273. The molecule has 0 fully saturated rings. The average molecular weight is 431 g/mol. The largest absolute Gasteiger partial charge is 0.290 e. The molecule has 1 aliphatic rings. The fourth-order valence-electron chi connectivity index (χ4n) is 3.84. The molecule has 1 aromatic heterocycles. The summed E-state index contributed by atoms with van der Waals surface area (Å²) in [4.78, 5) is 2.30. The third-order valence-corrected chi connectivity index (χ3v) is 7.70. The van der Waals surface area contributed by atoms with Crippen LogP contribution in [0, 0.1) is 12.7 Å². The lowest BCUT2D eigenvalue weighted by molar-refractivity contribution is 0.180. The van der Waals surface area contributed by atoms with Crippen LogP contribution in [0.4, 0.5) is 4.39 Å². The first-order valence-corrected chi connectivity index (χ1v) is 12.0. The van der Waals surface area contributed by atoms with Gasteiger partial charge in [0.25, 0.3) is 0 Å². The van der Waals surface area contributed by atoms with Crippen molar-refractivity contribution >= 4 is 21.4 Å². The number of sulfonamides is 1. The van der Waals surface area contributed by atoms with Crippen LogP contribution in [0.1, 0.15) is 28.3 Å². The Morgan fingerprint density at radius 2 is 1.97 bits per heavy atom. The van der Waals surface area contributed by atoms with Gasteiger partial charge in [0.1, 0.15) is 5.82 Å². The van der Waals surface area contributed by atoms with Crippen molar-refractivity contribution in [2.45, 2.75) is 30.8 Å². The normalized spacial score (nSPS) is 15.8. The Kier molecular flexibility index (Phi) is 5.83. The summed E-state index contributed by atoms with van der Waals surface area (Å²) in [6.45, 7) is 3.54. The van der Waals surface area contributed by atoms with Gasteiger partial charge in [0.15, 0.2) is 0 Å². The second kappa shape index (κ2) is 8.36. The van der Waals surface area contributed by atoms with Crippen LogP contribution in [0.3, 0.4) is 0 Å². The zero-order chi connectivity index (χ0) is 20.4. The molecule has 1 unspecified atom stereocenters. The molecule has 1 N–H and O–H groups in total. The third kappa shape index (κ3) is 4.43. The topological polar surface area (TPSA) is 49.4 Å². The highest BCUT2D eigenvalue weighted by molar-refractivity contribution is 7.89. The van der Waals surface area contributed by atoms with Gasteiger partial charge in [-0.2, -0.15) is 11.3 Å². The van der Waals surface area contributed by atoms with E-state index in [0.29, 0.717) is 5.56 Å². The monoisotopic (exact) mass is 430 g/mol. The van der Waals surface area contributed by atoms with Crippen LogP contribution in [0.25, 0.3) is 0 Å². The van der Waals surface area contributed by atoms with Crippen molar-refractivity contribution in [3.8, 4) is 0 Å². The Morgan fingerprint density at radius 3 is 2.72 bits per heavy atom. The predicted molar refractivity (Wildman–Crippen MR) is 114 cm³/mol. The molecular formula is C22H23FN2O2S2. The first-order valence-electron chi connectivity index (χ1n) is 9.53. The minimum Gasteiger partial charge on any atom is -0.290 e. The Morgan fingerprint density at radius 1 is 1.17 bits per heavy atom. The molecule has 29 heavy (non-hydrogen) atoms. The summed E-state index contributed by atoms with van der Waals surface area (Å²) >= 11 is 1.60. The van der Waals surface area contributed by atoms with Crippen molar-refractivity contribution in [1.29, 1.82) is 0 Å². The second-order valence-electron chi connectivity index (χ2n) is 7.32. The molecule has 1 aliphatic heterocycles. The molecule has 0 bridgehead atoms. The van der Waals surface area contributed by atoms with Gasteiger partial charge in [0, 0.05) is 25.7 Å². The summed E-state index contributed by atoms with van der Waals surface area (Å²) in [7, 11) is -3.81. The van der Waals surface area contributed by atoms with E-state index in [2.05, 4.69) is 33.2 Å². The minimum absolute atomic E-state index is 0.00874. The van der Waals surface area contributed by atoms with Crippen molar-refractivity contribution in [2.75, 3.05) is 13.1 Å². The van der Waals surface area contributed by atoms with Crippen molar-refractivity contribution < 1.29 is 12.8 Å². The number of benzene rings is 2. The Balaban J connectivity index is 1.57. The number of hydrogen-bond donors (Lipinski definition) is 1. The summed E-state index contributed by atoms with van der Waals surface area (Å²) in [6, 6.07) is 14.2. The van der Waals surface area contributed by atoms with Gasteiger partial charge in [-0.1, -0.05) is 30.3 Å². The maximum absolute atomic E-state index is 13.6. The van der Waals surface area contributed by atoms with Crippen molar-refractivity contribution in [1.82, 2.24) is 9.62 Å². The van der Waals surface area contributed by atoms with Crippen LogP contribution in [0.15, 0.2) is 64.2 Å². The number of rotatable bonds is 6. The van der Waals surface area contributed by atoms with E-state index in [-0.39, 0.29) is 17.5 Å². The van der Waals surface area contributed by atoms with Crippen LogP contribution in [-0.2, 0) is 23.0 Å². The third-order valence-electron chi connectivity index (χ3n) is 5.44. The van der Waals surface area contributed by atoms with E-state index in [9.17, 15) is 12.8 Å². The van der Waals surface area contributed by atoms with Crippen LogP contribution < -0.4 is 4.72 Å². The Hall–Kier alpha value is -2.06. The lowest BCUT2D eigenvalue weighted by Gasteiger charge is -2.35. The van der Waals surface area contributed by atoms with E-state index in [4.69, 9.17) is 0 Å². The molecule has 0 amide bonds. The summed E-state index contributed by atoms with van der Waals surface area (Å²) in [6.07, 6.45) is 0.937. The highest BCUT2D eigenvalue weighted by atomic mass is 32.2. The number of thiophene rings is 1. The lowest BCUT2D eigenvalue weighted by atomic mass is 9.97. The first-order chi connectivity index (χ1) is 13.9. The van der Waals surface area contributed by atoms with Crippen LogP contribution >= 0.6 is 11.3 Å². The molecule has 4 nitrogen and oxygen atoms in total. The summed E-state index contributed by atoms with van der Waals surface area (Å²) in [5, 5.41) is 4.07. The standard InChI is InChI=1S/C22H23FN2O2S2/c1-16-6-7-20(23)12-22(16)29(26,27)24-13-21(19-9-11-28-15-19)25-10-8-17-4-2-3-5-18(17)14-25/h2-7,9,11-12,15,21,24H,8,10,13-14H2,1H3. The van der Waals surface area contributed by atoms with Crippen LogP contribution in [0.2, 0.25) is 0 Å². The maximum Gasteiger partial charge on any atom is 0.240 e. The van der Waals surface area contributed by atoms with E-state index in [1.54, 1.807) is 18.3 Å². The molecule has 0 spiro atoms. The number of nitrogens with zero attached hydrogens (tertiary/aromatic N) is 1. The van der Waals surface area contributed by atoms with Crippen molar-refractivity contribution in [2.24, 2.45) is 0 Å². The van der Waals surface area contributed by atoms with Gasteiger partial charge in [0.05, 0.1) is 4.90 Å². The van der Waals surface area contributed by atoms with E-state index in [1.165, 1.54) is 23.3 Å². The highest BCUT2D eigenvalue weighted by Gasteiger charge is 2.27. The van der Waals surface area contributed by atoms with Crippen LogP contribution in [-0.4, -0.2) is 26.4 Å². The quantitative estimate of drug-likeness (QED) is 0.635. The number of aryl methyl sites for hydroxylation is 1. The SMILES string of the molecule is Cc1ccc(F)cc1S(=O)(=O)NCC(c1ccsc1)N1CCc2ccccc2C1. The molecule has 3 aromatic rings. The lowest BCUT2D eigenvalue weighted by Crippen LogP contribution is -2.40. The molecule has 0 saturated carbocycles. The number of fused-ring (bicyclic) bond motifs is 1. The molecule has 1 atom stereocenters. The van der Waals surface area contributed by atoms with Gasteiger partial charge in [-0.15, -0.1) is 0 Å². The zero-order valence-corrected chi connectivity index (χ0v) is 17.8. The van der Waals surface area contributed by atoms with Crippen molar-refractivity contribution in [3.05, 3.63) is 87.4 Å². The van der Waals surface area contributed by atoms with Crippen molar-refractivity contribution in [3.63, 3.8) is 0 Å². The van der Waals surface area contributed by atoms with Gasteiger partial charge in [-0.25, -0.2) is 17.5 Å².